The largest absolute Gasteiger partial charge is 0.497 e. The van der Waals surface area contributed by atoms with Gasteiger partial charge in [0, 0.05) is 48.4 Å². The Bertz CT molecular complexity index is 1640. The van der Waals surface area contributed by atoms with Crippen LogP contribution in [-0.4, -0.2) is 60.9 Å². The first kappa shape index (κ1) is 25.9. The predicted octanol–water partition coefficient (Wildman–Crippen LogP) is 3.75. The Morgan fingerprint density at radius 3 is 2.54 bits per heavy atom. The van der Waals surface area contributed by atoms with E-state index in [4.69, 9.17) is 14.6 Å². The molecule has 1 aliphatic rings. The Morgan fingerprint density at radius 2 is 1.85 bits per heavy atom. The van der Waals surface area contributed by atoms with Crippen LogP contribution in [0.5, 0.6) is 5.75 Å². The SMILES string of the molecule is CNN=C(C)c1cc(OC)cc(-c2nn(-c3cc(N4CCOCC4)ccc3[N+](=O)[O-])c(=O)c3ccccc23)c1. The second-order valence-corrected chi connectivity index (χ2v) is 9.01. The lowest BCUT2D eigenvalue weighted by molar-refractivity contribution is -0.384. The van der Waals surface area contributed by atoms with Gasteiger partial charge < -0.3 is 19.8 Å². The van der Waals surface area contributed by atoms with Crippen molar-refractivity contribution in [3.8, 4) is 22.7 Å². The van der Waals surface area contributed by atoms with E-state index in [2.05, 4.69) is 15.4 Å². The molecule has 2 heterocycles. The van der Waals surface area contributed by atoms with E-state index in [1.165, 1.54) is 6.07 Å². The molecule has 1 fully saturated rings. The van der Waals surface area contributed by atoms with Crippen molar-refractivity contribution in [2.75, 3.05) is 45.4 Å². The molecular weight excluding hydrogens is 500 g/mol. The van der Waals surface area contributed by atoms with Crippen LogP contribution in [-0.2, 0) is 4.74 Å². The minimum atomic E-state index is -0.497. The number of nitrogens with one attached hydrogen (secondary N) is 1. The summed E-state index contributed by atoms with van der Waals surface area (Å²) in [6.07, 6.45) is 0. The highest BCUT2D eigenvalue weighted by Gasteiger charge is 2.23. The van der Waals surface area contributed by atoms with E-state index in [0.717, 1.165) is 21.6 Å². The average molecular weight is 529 g/mol. The van der Waals surface area contributed by atoms with Crippen LogP contribution in [0.15, 0.2) is 70.6 Å². The van der Waals surface area contributed by atoms with Gasteiger partial charge in [0.25, 0.3) is 11.2 Å². The quantitative estimate of drug-likeness (QED) is 0.219. The van der Waals surface area contributed by atoms with E-state index in [1.54, 1.807) is 38.4 Å². The van der Waals surface area contributed by atoms with Crippen LogP contribution in [0.3, 0.4) is 0 Å². The molecule has 200 valence electrons. The maximum atomic E-state index is 13.8. The molecular formula is C28H28N6O5. The van der Waals surface area contributed by atoms with E-state index in [-0.39, 0.29) is 11.4 Å². The molecule has 0 aliphatic carbocycles. The molecule has 1 saturated heterocycles. The van der Waals surface area contributed by atoms with Crippen LogP contribution >= 0.6 is 0 Å². The second kappa shape index (κ2) is 10.9. The van der Waals surface area contributed by atoms with Crippen molar-refractivity contribution < 1.29 is 14.4 Å². The van der Waals surface area contributed by atoms with Crippen molar-refractivity contribution >= 4 is 27.9 Å². The number of benzene rings is 3. The summed E-state index contributed by atoms with van der Waals surface area (Å²) >= 11 is 0. The number of hydrogen-bond donors (Lipinski definition) is 1. The van der Waals surface area contributed by atoms with Gasteiger partial charge in [-0.25, -0.2) is 0 Å². The Kier molecular flexibility index (Phi) is 7.24. The third-order valence-electron chi connectivity index (χ3n) is 6.68. The van der Waals surface area contributed by atoms with Crippen LogP contribution in [0.1, 0.15) is 12.5 Å². The number of hydrazone groups is 1. The molecule has 1 N–H and O–H groups in total. The van der Waals surface area contributed by atoms with Crippen molar-refractivity contribution in [1.29, 1.82) is 0 Å². The molecule has 5 rings (SSSR count). The number of ether oxygens (including phenoxy) is 2. The fraction of sp³-hybridized carbons (Fsp3) is 0.250. The zero-order valence-electron chi connectivity index (χ0n) is 21.9. The van der Waals surface area contributed by atoms with Gasteiger partial charge in [-0.3, -0.25) is 14.9 Å². The zero-order valence-corrected chi connectivity index (χ0v) is 21.9. The maximum Gasteiger partial charge on any atom is 0.295 e. The first-order valence-corrected chi connectivity index (χ1v) is 12.5. The lowest BCUT2D eigenvalue weighted by Crippen LogP contribution is -2.36. The monoisotopic (exact) mass is 528 g/mol. The lowest BCUT2D eigenvalue weighted by atomic mass is 10.0. The van der Waals surface area contributed by atoms with Gasteiger partial charge in [-0.2, -0.15) is 14.9 Å². The summed E-state index contributed by atoms with van der Waals surface area (Å²) in [5.41, 5.74) is 5.64. The Morgan fingerprint density at radius 1 is 1.10 bits per heavy atom. The van der Waals surface area contributed by atoms with Gasteiger partial charge in [0.2, 0.25) is 0 Å². The molecule has 3 aromatic carbocycles. The van der Waals surface area contributed by atoms with Crippen LogP contribution in [0, 0.1) is 10.1 Å². The van der Waals surface area contributed by atoms with Gasteiger partial charge in [0.1, 0.15) is 11.4 Å². The maximum absolute atomic E-state index is 13.8. The molecule has 0 unspecified atom stereocenters. The molecule has 0 atom stereocenters. The summed E-state index contributed by atoms with van der Waals surface area (Å²) in [6.45, 7) is 4.26. The van der Waals surface area contributed by atoms with Crippen LogP contribution in [0.25, 0.3) is 27.7 Å². The topological polar surface area (TPSA) is 124 Å². The standard InChI is InChI=1S/C28H28N6O5/c1-18(30-29-2)19-14-20(16-22(15-19)38-3)27-23-6-4-5-7-24(23)28(35)33(31-27)26-17-21(8-9-25(26)34(36)37)32-10-12-39-13-11-32/h4-9,14-17,29H,10-13H2,1-3H3. The number of nitro benzene ring substituents is 1. The van der Waals surface area contributed by atoms with Gasteiger partial charge >= 0.3 is 0 Å². The lowest BCUT2D eigenvalue weighted by Gasteiger charge is -2.29. The minimum Gasteiger partial charge on any atom is -0.497 e. The van der Waals surface area contributed by atoms with Gasteiger partial charge in [-0.1, -0.05) is 18.2 Å². The fourth-order valence-electron chi connectivity index (χ4n) is 4.71. The minimum absolute atomic E-state index is 0.0945. The summed E-state index contributed by atoms with van der Waals surface area (Å²) < 4.78 is 12.1. The van der Waals surface area contributed by atoms with E-state index in [1.807, 2.05) is 37.3 Å². The van der Waals surface area contributed by atoms with Gasteiger partial charge in [-0.05, 0) is 43.3 Å². The average Bonchev–Trinajstić information content (AvgIpc) is 2.97. The molecule has 39 heavy (non-hydrogen) atoms. The smallest absolute Gasteiger partial charge is 0.295 e. The summed E-state index contributed by atoms with van der Waals surface area (Å²) in [7, 11) is 3.29. The molecule has 0 amide bonds. The van der Waals surface area contributed by atoms with Crippen molar-refractivity contribution in [3.63, 3.8) is 0 Å². The normalized spacial score (nSPS) is 13.9. The van der Waals surface area contributed by atoms with E-state index in [9.17, 15) is 14.9 Å². The number of anilines is 1. The number of morpholine rings is 1. The molecule has 1 aliphatic heterocycles. The Hall–Kier alpha value is -4.77. The van der Waals surface area contributed by atoms with Crippen molar-refractivity contribution in [1.82, 2.24) is 15.2 Å². The summed E-state index contributed by atoms with van der Waals surface area (Å²) in [6, 6.07) is 17.4. The number of nitrogens with zero attached hydrogens (tertiary/aromatic N) is 5. The molecule has 0 radical (unpaired) electrons. The highest BCUT2D eigenvalue weighted by Crippen LogP contribution is 2.32. The first-order chi connectivity index (χ1) is 18.9. The van der Waals surface area contributed by atoms with Crippen LogP contribution < -0.4 is 20.6 Å². The summed E-state index contributed by atoms with van der Waals surface area (Å²) in [4.78, 5) is 27.4. The Balaban J connectivity index is 1.79. The molecule has 0 spiro atoms. The Labute approximate surface area is 224 Å². The molecule has 0 bridgehead atoms. The molecule has 11 nitrogen and oxygen atoms in total. The fourth-order valence-corrected chi connectivity index (χ4v) is 4.71. The van der Waals surface area contributed by atoms with Crippen molar-refractivity contribution in [2.45, 2.75) is 6.92 Å². The van der Waals surface area contributed by atoms with E-state index >= 15 is 0 Å². The summed E-state index contributed by atoms with van der Waals surface area (Å²) in [5.74, 6) is 0.581. The third kappa shape index (κ3) is 5.04. The number of methoxy groups -OCH3 is 1. The van der Waals surface area contributed by atoms with Crippen molar-refractivity contribution in [3.05, 3.63) is 86.7 Å². The van der Waals surface area contributed by atoms with Crippen LogP contribution in [0.4, 0.5) is 11.4 Å². The first-order valence-electron chi connectivity index (χ1n) is 12.5. The second-order valence-electron chi connectivity index (χ2n) is 9.01. The number of nitro groups is 1. The van der Waals surface area contributed by atoms with Gasteiger partial charge in [0.05, 0.1) is 42.0 Å². The number of aromatic nitrogens is 2. The highest BCUT2D eigenvalue weighted by atomic mass is 16.6. The molecule has 11 heteroatoms. The van der Waals surface area contributed by atoms with E-state index in [0.29, 0.717) is 54.1 Å². The number of hydrogen-bond acceptors (Lipinski definition) is 9. The van der Waals surface area contributed by atoms with Gasteiger partial charge in [0.15, 0.2) is 0 Å². The third-order valence-corrected chi connectivity index (χ3v) is 6.68. The predicted molar refractivity (Wildman–Crippen MR) is 150 cm³/mol. The molecule has 4 aromatic rings. The molecule has 0 saturated carbocycles. The number of rotatable bonds is 7. The van der Waals surface area contributed by atoms with Gasteiger partial charge in [-0.15, -0.1) is 0 Å². The van der Waals surface area contributed by atoms with Crippen molar-refractivity contribution in [2.24, 2.45) is 5.10 Å². The van der Waals surface area contributed by atoms with E-state index < -0.39 is 10.5 Å². The summed E-state index contributed by atoms with van der Waals surface area (Å²) in [5, 5.41) is 22.1. The highest BCUT2D eigenvalue weighted by molar-refractivity contribution is 6.01. The molecule has 1 aromatic heterocycles. The van der Waals surface area contributed by atoms with Crippen LogP contribution in [0.2, 0.25) is 0 Å². The number of fused-ring (bicyclic) bond motifs is 1. The zero-order chi connectivity index (χ0) is 27.5.